The molecule has 0 saturated heterocycles. The van der Waals surface area contributed by atoms with Gasteiger partial charge in [-0.2, -0.15) is 5.21 Å². The Morgan fingerprint density at radius 2 is 1.87 bits per heavy atom. The topological polar surface area (TPSA) is 124 Å². The first kappa shape index (κ1) is 15.1. The first-order valence-corrected chi connectivity index (χ1v) is 8.14. The minimum absolute atomic E-state index is 0.0803. The molecule has 0 fully saturated rings. The number of rotatable bonds is 4. The van der Waals surface area contributed by atoms with Crippen molar-refractivity contribution in [2.75, 3.05) is 0 Å². The van der Waals surface area contributed by atoms with Gasteiger partial charge in [-0.25, -0.2) is 13.6 Å². The molecule has 1 aromatic heterocycles. The molecule has 1 heterocycles. The van der Waals surface area contributed by atoms with E-state index in [9.17, 15) is 8.42 Å². The zero-order chi connectivity index (χ0) is 16.4. The van der Waals surface area contributed by atoms with Crippen LogP contribution in [0.25, 0.3) is 11.4 Å². The number of benzene rings is 2. The summed E-state index contributed by atoms with van der Waals surface area (Å²) in [6.45, 7) is 1.95. The number of aromatic nitrogens is 4. The molecule has 3 rings (SSSR count). The normalized spacial score (nSPS) is 11.4. The van der Waals surface area contributed by atoms with Crippen LogP contribution in [0.1, 0.15) is 5.56 Å². The number of H-pyrrole nitrogens is 1. The highest BCUT2D eigenvalue weighted by molar-refractivity contribution is 7.89. The molecule has 23 heavy (non-hydrogen) atoms. The number of ether oxygens (including phenoxy) is 1. The average molecular weight is 331 g/mol. The summed E-state index contributed by atoms with van der Waals surface area (Å²) in [7, 11) is -3.98. The van der Waals surface area contributed by atoms with Crippen LogP contribution in [0.2, 0.25) is 0 Å². The van der Waals surface area contributed by atoms with Gasteiger partial charge in [0.05, 0.1) is 10.5 Å². The third kappa shape index (κ3) is 3.20. The molecule has 0 aliphatic rings. The van der Waals surface area contributed by atoms with Gasteiger partial charge in [-0.15, -0.1) is 10.2 Å². The van der Waals surface area contributed by atoms with E-state index in [1.807, 2.05) is 19.1 Å². The molecule has 0 bridgehead atoms. The lowest BCUT2D eigenvalue weighted by Crippen LogP contribution is -2.14. The Bertz CT molecular complexity index is 922. The lowest BCUT2D eigenvalue weighted by molar-refractivity contribution is 0.482. The maximum Gasteiger partial charge on any atom is 0.238 e. The molecule has 0 radical (unpaired) electrons. The van der Waals surface area contributed by atoms with Gasteiger partial charge >= 0.3 is 0 Å². The number of nitrogens with two attached hydrogens (primary N) is 1. The van der Waals surface area contributed by atoms with E-state index in [0.29, 0.717) is 5.75 Å². The Morgan fingerprint density at radius 3 is 2.48 bits per heavy atom. The Morgan fingerprint density at radius 1 is 1.13 bits per heavy atom. The van der Waals surface area contributed by atoms with E-state index >= 15 is 0 Å². The van der Waals surface area contributed by atoms with Crippen LogP contribution in [0.5, 0.6) is 11.5 Å². The SMILES string of the molecule is Cc1ccc(Oc2cccc(S(N)(=O)=O)c2-c2nn[nH]n2)cc1. The van der Waals surface area contributed by atoms with Gasteiger partial charge in [0.2, 0.25) is 15.8 Å². The van der Waals surface area contributed by atoms with Crippen molar-refractivity contribution in [3.05, 3.63) is 48.0 Å². The highest BCUT2D eigenvalue weighted by atomic mass is 32.2. The van der Waals surface area contributed by atoms with Gasteiger partial charge in [-0.05, 0) is 36.4 Å². The van der Waals surface area contributed by atoms with Crippen molar-refractivity contribution in [1.29, 1.82) is 0 Å². The Kier molecular flexibility index (Phi) is 3.80. The van der Waals surface area contributed by atoms with Crippen LogP contribution in [0.4, 0.5) is 0 Å². The standard InChI is InChI=1S/C14H13N5O3S/c1-9-5-7-10(8-6-9)22-11-3-2-4-12(23(15,20)21)13(11)14-16-18-19-17-14/h2-8H,1H3,(H2,15,20,21)(H,16,17,18,19). The fourth-order valence-electron chi connectivity index (χ4n) is 2.05. The second-order valence-corrected chi connectivity index (χ2v) is 6.35. The monoisotopic (exact) mass is 331 g/mol. The summed E-state index contributed by atoms with van der Waals surface area (Å²) in [5.41, 5.74) is 1.23. The van der Waals surface area contributed by atoms with Crippen molar-refractivity contribution in [2.45, 2.75) is 11.8 Å². The number of nitrogens with one attached hydrogen (secondary N) is 1. The van der Waals surface area contributed by atoms with Crippen LogP contribution in [0.3, 0.4) is 0 Å². The molecule has 9 heteroatoms. The van der Waals surface area contributed by atoms with E-state index in [-0.39, 0.29) is 22.0 Å². The van der Waals surface area contributed by atoms with Crippen molar-refractivity contribution in [3.63, 3.8) is 0 Å². The maximum atomic E-state index is 11.8. The number of tetrazole rings is 1. The molecule has 0 amide bonds. The predicted molar refractivity (Wildman–Crippen MR) is 82.2 cm³/mol. The Balaban J connectivity index is 2.15. The number of primary sulfonamides is 1. The number of hydrogen-bond acceptors (Lipinski definition) is 6. The van der Waals surface area contributed by atoms with Crippen LogP contribution in [0, 0.1) is 6.92 Å². The third-order valence-electron chi connectivity index (χ3n) is 3.11. The summed E-state index contributed by atoms with van der Waals surface area (Å²) < 4.78 is 29.5. The maximum absolute atomic E-state index is 11.8. The summed E-state index contributed by atoms with van der Waals surface area (Å²) in [5.74, 6) is 0.894. The summed E-state index contributed by atoms with van der Waals surface area (Å²) in [6.07, 6.45) is 0. The van der Waals surface area contributed by atoms with Crippen molar-refractivity contribution < 1.29 is 13.2 Å². The summed E-state index contributed by atoms with van der Waals surface area (Å²) in [5, 5.41) is 18.7. The van der Waals surface area contributed by atoms with E-state index < -0.39 is 10.0 Å². The van der Waals surface area contributed by atoms with E-state index in [2.05, 4.69) is 20.6 Å². The zero-order valence-electron chi connectivity index (χ0n) is 12.1. The highest BCUT2D eigenvalue weighted by Gasteiger charge is 2.23. The molecule has 0 atom stereocenters. The van der Waals surface area contributed by atoms with Crippen LogP contribution < -0.4 is 9.88 Å². The molecule has 2 aromatic carbocycles. The van der Waals surface area contributed by atoms with Crippen LogP contribution in [-0.2, 0) is 10.0 Å². The van der Waals surface area contributed by atoms with Gasteiger partial charge in [0.25, 0.3) is 0 Å². The van der Waals surface area contributed by atoms with Crippen molar-refractivity contribution in [3.8, 4) is 22.9 Å². The third-order valence-corrected chi connectivity index (χ3v) is 4.07. The Hall–Kier alpha value is -2.78. The molecule has 8 nitrogen and oxygen atoms in total. The van der Waals surface area contributed by atoms with Crippen molar-refractivity contribution >= 4 is 10.0 Å². The number of aryl methyl sites for hydroxylation is 1. The van der Waals surface area contributed by atoms with Gasteiger partial charge < -0.3 is 4.74 Å². The van der Waals surface area contributed by atoms with Crippen molar-refractivity contribution in [2.24, 2.45) is 5.14 Å². The summed E-state index contributed by atoms with van der Waals surface area (Å²) >= 11 is 0. The number of aromatic amines is 1. The minimum atomic E-state index is -3.98. The second-order valence-electron chi connectivity index (χ2n) is 4.82. The molecule has 118 valence electrons. The van der Waals surface area contributed by atoms with Crippen molar-refractivity contribution in [1.82, 2.24) is 20.6 Å². The van der Waals surface area contributed by atoms with E-state index in [1.54, 1.807) is 18.2 Å². The lowest BCUT2D eigenvalue weighted by atomic mass is 10.2. The smallest absolute Gasteiger partial charge is 0.238 e. The molecule has 0 aliphatic heterocycles. The first-order valence-electron chi connectivity index (χ1n) is 6.59. The predicted octanol–water partition coefficient (Wildman–Crippen LogP) is 1.61. The fraction of sp³-hybridized carbons (Fsp3) is 0.0714. The lowest BCUT2D eigenvalue weighted by Gasteiger charge is -2.12. The zero-order valence-corrected chi connectivity index (χ0v) is 12.9. The molecular weight excluding hydrogens is 318 g/mol. The highest BCUT2D eigenvalue weighted by Crippen LogP contribution is 2.35. The van der Waals surface area contributed by atoms with Gasteiger partial charge in [0.1, 0.15) is 11.5 Å². The molecule has 3 N–H and O–H groups in total. The molecule has 0 saturated carbocycles. The molecule has 0 spiro atoms. The molecular formula is C14H13N5O3S. The van der Waals surface area contributed by atoms with E-state index in [1.165, 1.54) is 12.1 Å². The summed E-state index contributed by atoms with van der Waals surface area (Å²) in [6, 6.07) is 11.8. The van der Waals surface area contributed by atoms with Gasteiger partial charge in [-0.3, -0.25) is 0 Å². The fourth-order valence-corrected chi connectivity index (χ4v) is 2.80. The molecule has 0 unspecified atom stereocenters. The average Bonchev–Trinajstić information content (AvgIpc) is 3.02. The van der Waals surface area contributed by atoms with E-state index in [0.717, 1.165) is 5.56 Å². The minimum Gasteiger partial charge on any atom is -0.457 e. The summed E-state index contributed by atoms with van der Waals surface area (Å²) in [4.78, 5) is -0.136. The van der Waals surface area contributed by atoms with E-state index in [4.69, 9.17) is 9.88 Å². The molecule has 0 aliphatic carbocycles. The second kappa shape index (κ2) is 5.78. The van der Waals surface area contributed by atoms with Gasteiger partial charge in [0, 0.05) is 0 Å². The first-order chi connectivity index (χ1) is 10.9. The van der Waals surface area contributed by atoms with Crippen LogP contribution in [0.15, 0.2) is 47.4 Å². The number of nitrogens with zero attached hydrogens (tertiary/aromatic N) is 3. The van der Waals surface area contributed by atoms with Crippen LogP contribution >= 0.6 is 0 Å². The quantitative estimate of drug-likeness (QED) is 0.748. The van der Waals surface area contributed by atoms with Gasteiger partial charge in [-0.1, -0.05) is 23.8 Å². The van der Waals surface area contributed by atoms with Gasteiger partial charge in [0.15, 0.2) is 0 Å². The number of sulfonamides is 1. The largest absolute Gasteiger partial charge is 0.457 e. The molecule has 3 aromatic rings. The number of hydrogen-bond donors (Lipinski definition) is 2. The Labute approximate surface area is 132 Å². The van der Waals surface area contributed by atoms with Crippen LogP contribution in [-0.4, -0.2) is 29.0 Å².